The summed E-state index contributed by atoms with van der Waals surface area (Å²) in [6.07, 6.45) is 5.05. The van der Waals surface area contributed by atoms with E-state index in [0.29, 0.717) is 11.5 Å². The molecule has 8 heteroatoms. The lowest BCUT2D eigenvalue weighted by Gasteiger charge is -2.18. The van der Waals surface area contributed by atoms with Crippen LogP contribution in [-0.4, -0.2) is 35.3 Å². The molecule has 0 unspecified atom stereocenters. The molecule has 1 atom stereocenters. The monoisotopic (exact) mass is 375 g/mol. The average molecular weight is 375 g/mol. The van der Waals surface area contributed by atoms with Gasteiger partial charge in [-0.3, -0.25) is 4.79 Å². The molecule has 0 saturated carbocycles. The highest BCUT2D eigenvalue weighted by Crippen LogP contribution is 2.22. The number of amides is 1. The summed E-state index contributed by atoms with van der Waals surface area (Å²) < 4.78 is 3.45. The highest BCUT2D eigenvalue weighted by atomic mass is 16.1. The minimum absolute atomic E-state index is 0.178. The normalized spacial score (nSPS) is 12.4. The molecule has 0 aliphatic rings. The first-order valence-electron chi connectivity index (χ1n) is 9.15. The fourth-order valence-corrected chi connectivity index (χ4v) is 3.18. The lowest BCUT2D eigenvalue weighted by atomic mass is 10.1. The molecule has 1 N–H and O–H groups in total. The van der Waals surface area contributed by atoms with E-state index in [2.05, 4.69) is 25.5 Å². The molecule has 1 aromatic carbocycles. The van der Waals surface area contributed by atoms with Gasteiger partial charge >= 0.3 is 0 Å². The lowest BCUT2D eigenvalue weighted by Crippen LogP contribution is -2.28. The van der Waals surface area contributed by atoms with Crippen molar-refractivity contribution in [2.45, 2.75) is 32.7 Å². The minimum Gasteiger partial charge on any atom is -0.344 e. The molecule has 0 saturated heterocycles. The number of hydrogen-bond acceptors (Lipinski definition) is 5. The molecule has 0 spiro atoms. The van der Waals surface area contributed by atoms with Crippen molar-refractivity contribution in [3.63, 3.8) is 0 Å². The minimum atomic E-state index is -0.254. The SMILES string of the molecule is CC(C)c1cc(C(=O)N[C@H](C)c2ccccc2-n2cccn2)nc2ncnn12. The van der Waals surface area contributed by atoms with E-state index < -0.39 is 0 Å². The third-order valence-corrected chi connectivity index (χ3v) is 4.61. The number of carbonyl (C=O) groups is 1. The second-order valence-corrected chi connectivity index (χ2v) is 6.90. The van der Waals surface area contributed by atoms with E-state index in [4.69, 9.17) is 0 Å². The second-order valence-electron chi connectivity index (χ2n) is 6.90. The average Bonchev–Trinajstić information content (AvgIpc) is 3.38. The number of carbonyl (C=O) groups excluding carboxylic acids is 1. The fraction of sp³-hybridized carbons (Fsp3) is 0.250. The van der Waals surface area contributed by atoms with Crippen molar-refractivity contribution in [1.29, 1.82) is 0 Å². The van der Waals surface area contributed by atoms with Gasteiger partial charge in [-0.25, -0.2) is 14.2 Å². The molecule has 1 amide bonds. The summed E-state index contributed by atoms with van der Waals surface area (Å²) in [6, 6.07) is 11.3. The number of nitrogens with zero attached hydrogens (tertiary/aromatic N) is 6. The first-order valence-corrected chi connectivity index (χ1v) is 9.15. The van der Waals surface area contributed by atoms with Crippen LogP contribution in [0.15, 0.2) is 55.1 Å². The van der Waals surface area contributed by atoms with Gasteiger partial charge in [-0.05, 0) is 36.6 Å². The first-order chi connectivity index (χ1) is 13.5. The van der Waals surface area contributed by atoms with Crippen molar-refractivity contribution in [3.05, 3.63) is 72.1 Å². The third-order valence-electron chi connectivity index (χ3n) is 4.61. The van der Waals surface area contributed by atoms with E-state index in [1.807, 2.05) is 57.3 Å². The molecule has 3 aromatic heterocycles. The molecular weight excluding hydrogens is 354 g/mol. The Kier molecular flexibility index (Phi) is 4.60. The van der Waals surface area contributed by atoms with Crippen molar-refractivity contribution >= 4 is 11.7 Å². The van der Waals surface area contributed by atoms with E-state index in [9.17, 15) is 4.79 Å². The summed E-state index contributed by atoms with van der Waals surface area (Å²) in [6.45, 7) is 6.03. The molecule has 28 heavy (non-hydrogen) atoms. The third kappa shape index (κ3) is 3.24. The van der Waals surface area contributed by atoms with E-state index in [1.54, 1.807) is 21.5 Å². The van der Waals surface area contributed by atoms with Crippen LogP contribution in [0.3, 0.4) is 0 Å². The number of benzene rings is 1. The Morgan fingerprint density at radius 2 is 1.93 bits per heavy atom. The Balaban J connectivity index is 1.64. The molecule has 0 radical (unpaired) electrons. The Hall–Kier alpha value is -3.55. The van der Waals surface area contributed by atoms with Crippen LogP contribution in [0.4, 0.5) is 0 Å². The van der Waals surface area contributed by atoms with Gasteiger partial charge in [0.2, 0.25) is 0 Å². The van der Waals surface area contributed by atoms with Gasteiger partial charge in [0.15, 0.2) is 0 Å². The predicted molar refractivity (Wildman–Crippen MR) is 104 cm³/mol. The maximum Gasteiger partial charge on any atom is 0.270 e. The van der Waals surface area contributed by atoms with Crippen molar-refractivity contribution < 1.29 is 4.79 Å². The van der Waals surface area contributed by atoms with Gasteiger partial charge < -0.3 is 5.32 Å². The van der Waals surface area contributed by atoms with Crippen LogP contribution in [0.5, 0.6) is 0 Å². The highest BCUT2D eigenvalue weighted by molar-refractivity contribution is 5.93. The molecule has 142 valence electrons. The Morgan fingerprint density at radius 3 is 2.68 bits per heavy atom. The summed E-state index contributed by atoms with van der Waals surface area (Å²) in [5.41, 5.74) is 3.10. The quantitative estimate of drug-likeness (QED) is 0.579. The number of hydrogen-bond donors (Lipinski definition) is 1. The van der Waals surface area contributed by atoms with Gasteiger partial charge in [0.05, 0.1) is 17.4 Å². The van der Waals surface area contributed by atoms with Gasteiger partial charge in [-0.1, -0.05) is 32.0 Å². The molecule has 4 rings (SSSR count). The molecule has 4 aromatic rings. The summed E-state index contributed by atoms with van der Waals surface area (Å²) in [5.74, 6) is 0.341. The maximum absolute atomic E-state index is 12.9. The van der Waals surface area contributed by atoms with Crippen LogP contribution < -0.4 is 5.32 Å². The summed E-state index contributed by atoms with van der Waals surface area (Å²) >= 11 is 0. The molecule has 0 aliphatic carbocycles. The zero-order valence-corrected chi connectivity index (χ0v) is 15.9. The van der Waals surface area contributed by atoms with E-state index in [1.165, 1.54) is 6.33 Å². The number of nitrogens with one attached hydrogen (secondary N) is 1. The zero-order valence-electron chi connectivity index (χ0n) is 15.9. The summed E-state index contributed by atoms with van der Waals surface area (Å²) in [7, 11) is 0. The summed E-state index contributed by atoms with van der Waals surface area (Å²) in [5, 5.41) is 11.5. The number of rotatable bonds is 5. The van der Waals surface area contributed by atoms with Crippen molar-refractivity contribution in [2.75, 3.05) is 0 Å². The van der Waals surface area contributed by atoms with Crippen molar-refractivity contribution in [2.24, 2.45) is 0 Å². The fourth-order valence-electron chi connectivity index (χ4n) is 3.18. The van der Waals surface area contributed by atoms with E-state index in [0.717, 1.165) is 16.9 Å². The van der Waals surface area contributed by atoms with Crippen molar-refractivity contribution in [1.82, 2.24) is 34.7 Å². The van der Waals surface area contributed by atoms with E-state index in [-0.39, 0.29) is 17.9 Å². The molecule has 8 nitrogen and oxygen atoms in total. The number of para-hydroxylation sites is 1. The van der Waals surface area contributed by atoms with Crippen LogP contribution in [-0.2, 0) is 0 Å². The van der Waals surface area contributed by atoms with Gasteiger partial charge in [-0.15, -0.1) is 0 Å². The Bertz CT molecular complexity index is 1110. The molecule has 0 bridgehead atoms. The topological polar surface area (TPSA) is 90.0 Å². The molecular formula is C20H21N7O. The van der Waals surface area contributed by atoms with Gasteiger partial charge in [0, 0.05) is 12.4 Å². The molecule has 0 fully saturated rings. The Morgan fingerprint density at radius 1 is 1.11 bits per heavy atom. The Labute approximate surface area is 162 Å². The van der Waals surface area contributed by atoms with Crippen LogP contribution in [0.1, 0.15) is 54.5 Å². The second kappa shape index (κ2) is 7.22. The van der Waals surface area contributed by atoms with E-state index >= 15 is 0 Å². The smallest absolute Gasteiger partial charge is 0.270 e. The number of aromatic nitrogens is 6. The van der Waals surface area contributed by atoms with Crippen LogP contribution in [0, 0.1) is 0 Å². The zero-order chi connectivity index (χ0) is 19.7. The predicted octanol–water partition coefficient (Wildman–Crippen LogP) is 2.92. The van der Waals surface area contributed by atoms with Gasteiger partial charge in [-0.2, -0.15) is 15.2 Å². The largest absolute Gasteiger partial charge is 0.344 e. The summed E-state index contributed by atoms with van der Waals surface area (Å²) in [4.78, 5) is 21.4. The van der Waals surface area contributed by atoms with Crippen LogP contribution in [0.25, 0.3) is 11.5 Å². The van der Waals surface area contributed by atoms with Gasteiger partial charge in [0.1, 0.15) is 12.0 Å². The highest BCUT2D eigenvalue weighted by Gasteiger charge is 2.19. The van der Waals surface area contributed by atoms with Crippen LogP contribution in [0.2, 0.25) is 0 Å². The number of fused-ring (bicyclic) bond motifs is 1. The standard InChI is InChI=1S/C20H21N7O/c1-13(2)18-11-16(25-20-21-12-23-27(18)20)19(28)24-14(3)15-7-4-5-8-17(15)26-10-6-9-22-26/h4-14H,1-3H3,(H,24,28)/t14-/m1/s1. The first kappa shape index (κ1) is 17.8. The molecule has 3 heterocycles. The lowest BCUT2D eigenvalue weighted by molar-refractivity contribution is 0.0934. The molecule has 0 aliphatic heterocycles. The van der Waals surface area contributed by atoms with Crippen LogP contribution >= 0.6 is 0 Å². The van der Waals surface area contributed by atoms with Gasteiger partial charge in [0.25, 0.3) is 11.7 Å². The van der Waals surface area contributed by atoms with Crippen molar-refractivity contribution in [3.8, 4) is 5.69 Å². The maximum atomic E-state index is 12.9.